The molecule has 0 N–H and O–H groups in total. The zero-order chi connectivity index (χ0) is 20.8. The third-order valence-corrected chi connectivity index (χ3v) is 4.94. The van der Waals surface area contributed by atoms with Gasteiger partial charge in [0.05, 0.1) is 18.2 Å². The lowest BCUT2D eigenvalue weighted by atomic mass is 10.0. The zero-order valence-corrected chi connectivity index (χ0v) is 17.6. The van der Waals surface area contributed by atoms with E-state index < -0.39 is 5.97 Å². The number of halogens is 1. The third-order valence-electron chi connectivity index (χ3n) is 4.25. The molecule has 0 aliphatic carbocycles. The molecule has 0 heterocycles. The topological polar surface area (TPSA) is 52.6 Å². The Bertz CT molecular complexity index is 1090. The number of carbonyl (C=O) groups excluding carboxylic acids is 2. The molecule has 0 amide bonds. The molecule has 0 aromatic heterocycles. The number of hydrogen-bond acceptors (Lipinski definition) is 4. The highest BCUT2D eigenvalue weighted by atomic mass is 79.9. The van der Waals surface area contributed by atoms with Gasteiger partial charge in [0.1, 0.15) is 11.5 Å². The van der Waals surface area contributed by atoms with Crippen molar-refractivity contribution in [2.75, 3.05) is 7.11 Å². The van der Waals surface area contributed by atoms with E-state index in [9.17, 15) is 9.59 Å². The average molecular weight is 451 g/mol. The quantitative estimate of drug-likeness (QED) is 0.203. The second kappa shape index (κ2) is 9.34. The fraction of sp³-hybridized carbons (Fsp3) is 0.0833. The van der Waals surface area contributed by atoms with Crippen molar-refractivity contribution in [1.29, 1.82) is 0 Å². The standard InChI is InChI=1S/C24H19BrO4/c1-16-11-14-23(29-24(27)18-8-4-5-9-20(18)25)19(15-16)21(26)13-12-17-7-3-6-10-22(17)28-2/h3-15H,1-2H3/b13-12+. The van der Waals surface area contributed by atoms with Crippen LogP contribution in [0.5, 0.6) is 11.5 Å². The summed E-state index contributed by atoms with van der Waals surface area (Å²) in [5.41, 5.74) is 2.37. The van der Waals surface area contributed by atoms with Gasteiger partial charge in [-0.15, -0.1) is 0 Å². The first-order valence-electron chi connectivity index (χ1n) is 8.92. The number of para-hydroxylation sites is 1. The zero-order valence-electron chi connectivity index (χ0n) is 16.0. The van der Waals surface area contributed by atoms with E-state index in [1.165, 1.54) is 6.08 Å². The monoisotopic (exact) mass is 450 g/mol. The summed E-state index contributed by atoms with van der Waals surface area (Å²) >= 11 is 3.34. The minimum Gasteiger partial charge on any atom is -0.496 e. The first-order valence-corrected chi connectivity index (χ1v) is 9.71. The molecule has 0 saturated heterocycles. The maximum absolute atomic E-state index is 12.8. The van der Waals surface area contributed by atoms with Crippen molar-refractivity contribution in [2.24, 2.45) is 0 Å². The lowest BCUT2D eigenvalue weighted by Crippen LogP contribution is -2.12. The largest absolute Gasteiger partial charge is 0.496 e. The Morgan fingerprint density at radius 3 is 2.38 bits per heavy atom. The first-order chi connectivity index (χ1) is 14.0. The number of hydrogen-bond donors (Lipinski definition) is 0. The highest BCUT2D eigenvalue weighted by Crippen LogP contribution is 2.25. The smallest absolute Gasteiger partial charge is 0.344 e. The second-order valence-electron chi connectivity index (χ2n) is 6.31. The average Bonchev–Trinajstić information content (AvgIpc) is 2.73. The molecule has 146 valence electrons. The van der Waals surface area contributed by atoms with E-state index in [1.54, 1.807) is 49.6 Å². The number of methoxy groups -OCH3 is 1. The van der Waals surface area contributed by atoms with Crippen LogP contribution < -0.4 is 9.47 Å². The number of esters is 1. The van der Waals surface area contributed by atoms with Crippen LogP contribution in [-0.2, 0) is 0 Å². The molecule has 29 heavy (non-hydrogen) atoms. The van der Waals surface area contributed by atoms with Crippen LogP contribution in [0.15, 0.2) is 77.3 Å². The van der Waals surface area contributed by atoms with E-state index in [0.29, 0.717) is 21.3 Å². The van der Waals surface area contributed by atoms with Gasteiger partial charge in [-0.25, -0.2) is 4.79 Å². The van der Waals surface area contributed by atoms with Gasteiger partial charge in [-0.2, -0.15) is 0 Å². The molecule has 0 aliphatic rings. The summed E-state index contributed by atoms with van der Waals surface area (Å²) in [5, 5.41) is 0. The van der Waals surface area contributed by atoms with Crippen LogP contribution in [0.3, 0.4) is 0 Å². The van der Waals surface area contributed by atoms with Crippen LogP contribution in [0.25, 0.3) is 6.08 Å². The highest BCUT2D eigenvalue weighted by molar-refractivity contribution is 9.10. The van der Waals surface area contributed by atoms with Crippen molar-refractivity contribution in [3.05, 3.63) is 99.5 Å². The van der Waals surface area contributed by atoms with Gasteiger partial charge >= 0.3 is 5.97 Å². The Labute approximate surface area is 177 Å². The normalized spacial score (nSPS) is 10.7. The van der Waals surface area contributed by atoms with Gasteiger partial charge < -0.3 is 9.47 Å². The molecule has 0 spiro atoms. The molecule has 0 radical (unpaired) electrons. The minimum atomic E-state index is -0.538. The van der Waals surface area contributed by atoms with E-state index in [1.807, 2.05) is 37.3 Å². The number of aryl methyl sites for hydroxylation is 1. The number of rotatable bonds is 6. The Kier molecular flexibility index (Phi) is 6.62. The van der Waals surface area contributed by atoms with Crippen molar-refractivity contribution >= 4 is 33.8 Å². The van der Waals surface area contributed by atoms with E-state index in [2.05, 4.69) is 15.9 Å². The van der Waals surface area contributed by atoms with E-state index in [-0.39, 0.29) is 11.5 Å². The Balaban J connectivity index is 1.88. The fourth-order valence-electron chi connectivity index (χ4n) is 2.77. The van der Waals surface area contributed by atoms with Crippen LogP contribution in [-0.4, -0.2) is 18.9 Å². The van der Waals surface area contributed by atoms with E-state index >= 15 is 0 Å². The van der Waals surface area contributed by atoms with Crippen LogP contribution in [0.2, 0.25) is 0 Å². The molecule has 4 nitrogen and oxygen atoms in total. The summed E-state index contributed by atoms with van der Waals surface area (Å²) in [6, 6.07) is 19.5. The maximum atomic E-state index is 12.8. The molecule has 0 aliphatic heterocycles. The third kappa shape index (κ3) is 5.00. The lowest BCUT2D eigenvalue weighted by Gasteiger charge is -2.10. The summed E-state index contributed by atoms with van der Waals surface area (Å²) in [4.78, 5) is 25.4. The molecular weight excluding hydrogens is 432 g/mol. The predicted octanol–water partition coefficient (Wildman–Crippen LogP) is 5.88. The lowest BCUT2D eigenvalue weighted by molar-refractivity contribution is 0.0732. The van der Waals surface area contributed by atoms with Gasteiger partial charge in [-0.05, 0) is 65.3 Å². The molecule has 5 heteroatoms. The number of ether oxygens (including phenoxy) is 2. The number of allylic oxidation sites excluding steroid dienone is 1. The summed E-state index contributed by atoms with van der Waals surface area (Å²) in [5.74, 6) is 0.0750. The summed E-state index contributed by atoms with van der Waals surface area (Å²) in [6.45, 7) is 1.88. The molecule has 3 aromatic carbocycles. The Morgan fingerprint density at radius 2 is 1.62 bits per heavy atom. The SMILES string of the molecule is COc1ccccc1/C=C/C(=O)c1cc(C)ccc1OC(=O)c1ccccc1Br. The van der Waals surface area contributed by atoms with Crippen molar-refractivity contribution in [1.82, 2.24) is 0 Å². The van der Waals surface area contributed by atoms with Crippen LogP contribution in [0.1, 0.15) is 31.8 Å². The summed E-state index contributed by atoms with van der Waals surface area (Å²) < 4.78 is 11.5. The van der Waals surface area contributed by atoms with Gasteiger partial charge in [0.15, 0.2) is 5.78 Å². The van der Waals surface area contributed by atoms with Crippen LogP contribution >= 0.6 is 15.9 Å². The number of ketones is 1. The molecule has 0 unspecified atom stereocenters. The Morgan fingerprint density at radius 1 is 0.897 bits per heavy atom. The molecular formula is C24H19BrO4. The van der Waals surface area contributed by atoms with Crippen molar-refractivity contribution in [3.8, 4) is 11.5 Å². The van der Waals surface area contributed by atoms with Gasteiger partial charge in [0.2, 0.25) is 0 Å². The second-order valence-corrected chi connectivity index (χ2v) is 7.16. The van der Waals surface area contributed by atoms with Gasteiger partial charge in [0.25, 0.3) is 0 Å². The first kappa shape index (κ1) is 20.6. The maximum Gasteiger partial charge on any atom is 0.344 e. The van der Waals surface area contributed by atoms with Crippen molar-refractivity contribution in [2.45, 2.75) is 6.92 Å². The molecule has 0 saturated carbocycles. The summed E-state index contributed by atoms with van der Waals surface area (Å²) in [7, 11) is 1.58. The summed E-state index contributed by atoms with van der Waals surface area (Å²) in [6.07, 6.45) is 3.13. The Hall–Kier alpha value is -3.18. The van der Waals surface area contributed by atoms with Gasteiger partial charge in [-0.3, -0.25) is 4.79 Å². The van der Waals surface area contributed by atoms with Crippen LogP contribution in [0.4, 0.5) is 0 Å². The van der Waals surface area contributed by atoms with Crippen molar-refractivity contribution < 1.29 is 19.1 Å². The van der Waals surface area contributed by atoms with Crippen molar-refractivity contribution in [3.63, 3.8) is 0 Å². The van der Waals surface area contributed by atoms with E-state index in [0.717, 1.165) is 11.1 Å². The molecule has 3 rings (SSSR count). The molecule has 3 aromatic rings. The predicted molar refractivity (Wildman–Crippen MR) is 117 cm³/mol. The minimum absolute atomic E-state index is 0.214. The number of carbonyl (C=O) groups is 2. The van der Waals surface area contributed by atoms with Gasteiger partial charge in [0, 0.05) is 10.0 Å². The highest BCUT2D eigenvalue weighted by Gasteiger charge is 2.17. The molecule has 0 bridgehead atoms. The number of benzene rings is 3. The molecule has 0 fully saturated rings. The molecule has 0 atom stereocenters. The van der Waals surface area contributed by atoms with E-state index in [4.69, 9.17) is 9.47 Å². The fourth-order valence-corrected chi connectivity index (χ4v) is 3.21. The van der Waals surface area contributed by atoms with Gasteiger partial charge in [-0.1, -0.05) is 42.0 Å². The van der Waals surface area contributed by atoms with Crippen LogP contribution in [0, 0.1) is 6.92 Å².